The predicted molar refractivity (Wildman–Crippen MR) is 136 cm³/mol. The van der Waals surface area contributed by atoms with Crippen molar-refractivity contribution in [3.63, 3.8) is 0 Å². The molecule has 4 rings (SSSR count). The molecule has 196 valence electrons. The molecule has 2 atom stereocenters. The average molecular weight is 506 g/mol. The number of hydroxylamine groups is 1. The highest BCUT2D eigenvalue weighted by Gasteiger charge is 2.42. The maximum Gasteiger partial charge on any atom is 0.249 e. The molecule has 0 radical (unpaired) electrons. The Morgan fingerprint density at radius 1 is 0.973 bits per heavy atom. The minimum absolute atomic E-state index is 0.0556. The number of nitrogens with one attached hydrogen (secondary N) is 1. The molecule has 3 aliphatic heterocycles. The van der Waals surface area contributed by atoms with Crippen molar-refractivity contribution in [3.8, 4) is 12.3 Å². The van der Waals surface area contributed by atoms with Gasteiger partial charge in [-0.15, -0.1) is 4.99 Å². The number of guanidine groups is 1. The van der Waals surface area contributed by atoms with Crippen LogP contribution in [0.1, 0.15) is 61.1 Å². The summed E-state index contributed by atoms with van der Waals surface area (Å²) >= 11 is 0. The summed E-state index contributed by atoms with van der Waals surface area (Å²) < 4.78 is 0. The van der Waals surface area contributed by atoms with Gasteiger partial charge >= 0.3 is 0 Å². The summed E-state index contributed by atoms with van der Waals surface area (Å²) in [7, 11) is 0. The molecule has 3 fully saturated rings. The van der Waals surface area contributed by atoms with E-state index in [1.807, 2.05) is 41.1 Å². The summed E-state index contributed by atoms with van der Waals surface area (Å²) in [5.74, 6) is -1.03. The first-order chi connectivity index (χ1) is 18.0. The SMILES string of the molecule is Cc1cc(C#N)ccc1C1CCN(C(=O)[C@H]2CCN(C(=NC#N)N3CCCCC3)C[C@@H]2C(=O)NO)CC1. The number of benzene rings is 1. The maximum absolute atomic E-state index is 13.6. The summed E-state index contributed by atoms with van der Waals surface area (Å²) in [5.41, 5.74) is 4.73. The molecule has 10 heteroatoms. The van der Waals surface area contributed by atoms with E-state index >= 15 is 0 Å². The number of aryl methyl sites for hydroxylation is 1. The lowest BCUT2D eigenvalue weighted by molar-refractivity contribution is -0.148. The third kappa shape index (κ3) is 5.86. The number of carbonyl (C=O) groups excluding carboxylic acids is 2. The molecular weight excluding hydrogens is 470 g/mol. The molecule has 1 aromatic rings. The standard InChI is InChI=1S/C27H35N7O3/c1-19-15-20(16-28)5-6-22(19)21-7-12-32(13-8-21)26(36)23-9-14-34(17-24(23)25(35)31-37)27(30-18-29)33-10-3-2-4-11-33/h5-6,15,21,23-24,37H,2-4,7-14,17H2,1H3,(H,31,35)/t23-,24-/m0/s1. The molecule has 3 heterocycles. The van der Waals surface area contributed by atoms with Crippen molar-refractivity contribution in [1.29, 1.82) is 10.5 Å². The topological polar surface area (TPSA) is 136 Å². The lowest BCUT2D eigenvalue weighted by Crippen LogP contribution is -2.57. The predicted octanol–water partition coefficient (Wildman–Crippen LogP) is 2.34. The Kier molecular flexibility index (Phi) is 8.62. The van der Waals surface area contributed by atoms with Gasteiger partial charge in [-0.3, -0.25) is 14.8 Å². The Bertz CT molecular complexity index is 1110. The Morgan fingerprint density at radius 3 is 2.30 bits per heavy atom. The van der Waals surface area contributed by atoms with Gasteiger partial charge in [0, 0.05) is 39.3 Å². The molecular formula is C27H35N7O3. The van der Waals surface area contributed by atoms with Gasteiger partial charge < -0.3 is 14.7 Å². The molecule has 10 nitrogen and oxygen atoms in total. The number of likely N-dealkylation sites (tertiary alicyclic amines) is 3. The van der Waals surface area contributed by atoms with E-state index in [1.54, 1.807) is 5.48 Å². The van der Waals surface area contributed by atoms with Gasteiger partial charge in [0.05, 0.1) is 23.5 Å². The van der Waals surface area contributed by atoms with Gasteiger partial charge in [-0.05, 0) is 74.6 Å². The van der Waals surface area contributed by atoms with Crippen LogP contribution in [-0.2, 0) is 9.59 Å². The Balaban J connectivity index is 1.43. The number of piperidine rings is 3. The molecule has 3 saturated heterocycles. The quantitative estimate of drug-likeness (QED) is 0.212. The van der Waals surface area contributed by atoms with Crippen LogP contribution in [0.2, 0.25) is 0 Å². The largest absolute Gasteiger partial charge is 0.342 e. The van der Waals surface area contributed by atoms with Crippen molar-refractivity contribution < 1.29 is 14.8 Å². The van der Waals surface area contributed by atoms with E-state index < -0.39 is 17.7 Å². The average Bonchev–Trinajstić information content (AvgIpc) is 2.95. The summed E-state index contributed by atoms with van der Waals surface area (Å²) in [6.07, 6.45) is 7.18. The molecule has 3 aliphatic rings. The molecule has 37 heavy (non-hydrogen) atoms. The van der Waals surface area contributed by atoms with Crippen molar-refractivity contribution in [2.45, 2.75) is 51.4 Å². The summed E-state index contributed by atoms with van der Waals surface area (Å²) in [6, 6.07) is 7.96. The minimum atomic E-state index is -0.738. The van der Waals surface area contributed by atoms with Crippen molar-refractivity contribution in [3.05, 3.63) is 34.9 Å². The van der Waals surface area contributed by atoms with Gasteiger partial charge in [0.1, 0.15) is 0 Å². The van der Waals surface area contributed by atoms with Crippen LogP contribution in [0.15, 0.2) is 23.2 Å². The zero-order valence-corrected chi connectivity index (χ0v) is 21.4. The van der Waals surface area contributed by atoms with Crippen LogP contribution in [-0.4, -0.2) is 76.9 Å². The second kappa shape index (κ2) is 12.1. The van der Waals surface area contributed by atoms with E-state index in [1.165, 1.54) is 5.56 Å². The van der Waals surface area contributed by atoms with E-state index in [-0.39, 0.29) is 12.5 Å². The van der Waals surface area contributed by atoms with E-state index in [9.17, 15) is 20.1 Å². The summed E-state index contributed by atoms with van der Waals surface area (Å²) in [5, 5.41) is 27.9. The first kappa shape index (κ1) is 26.4. The number of hydrogen-bond donors (Lipinski definition) is 2. The van der Waals surface area contributed by atoms with E-state index in [0.29, 0.717) is 43.5 Å². The molecule has 0 bridgehead atoms. The summed E-state index contributed by atoms with van der Waals surface area (Å²) in [4.78, 5) is 36.2. The smallest absolute Gasteiger partial charge is 0.249 e. The monoisotopic (exact) mass is 505 g/mol. The summed E-state index contributed by atoms with van der Waals surface area (Å²) in [6.45, 7) is 5.59. The van der Waals surface area contributed by atoms with Gasteiger partial charge in [-0.2, -0.15) is 10.5 Å². The van der Waals surface area contributed by atoms with Gasteiger partial charge in [-0.1, -0.05) is 6.07 Å². The highest BCUT2D eigenvalue weighted by molar-refractivity contribution is 5.89. The zero-order chi connectivity index (χ0) is 26.4. The Morgan fingerprint density at radius 2 is 1.68 bits per heavy atom. The lowest BCUT2D eigenvalue weighted by atomic mass is 9.82. The number of aliphatic imine (C=N–C) groups is 1. The normalized spacial score (nSPS) is 23.2. The van der Waals surface area contributed by atoms with Crippen molar-refractivity contribution in [1.82, 2.24) is 20.2 Å². The molecule has 0 spiro atoms. The van der Waals surface area contributed by atoms with Crippen molar-refractivity contribution >= 4 is 17.8 Å². The second-order valence-corrected chi connectivity index (χ2v) is 10.3. The number of rotatable bonds is 3. The van der Waals surface area contributed by atoms with Crippen LogP contribution in [0.4, 0.5) is 0 Å². The fraction of sp³-hybridized carbons (Fsp3) is 0.593. The maximum atomic E-state index is 13.6. The van der Waals surface area contributed by atoms with E-state index in [4.69, 9.17) is 5.26 Å². The lowest BCUT2D eigenvalue weighted by Gasteiger charge is -2.43. The minimum Gasteiger partial charge on any atom is -0.342 e. The van der Waals surface area contributed by atoms with Gasteiger partial charge in [0.15, 0.2) is 0 Å². The molecule has 2 N–H and O–H groups in total. The van der Waals surface area contributed by atoms with Crippen molar-refractivity contribution in [2.75, 3.05) is 39.3 Å². The zero-order valence-electron chi connectivity index (χ0n) is 21.4. The number of amides is 2. The molecule has 1 aromatic carbocycles. The van der Waals surface area contributed by atoms with Crippen LogP contribution in [0.3, 0.4) is 0 Å². The number of nitriles is 2. The number of carbonyl (C=O) groups is 2. The van der Waals surface area contributed by atoms with Crippen molar-refractivity contribution in [2.24, 2.45) is 16.8 Å². The Hall–Kier alpha value is -3.63. The Labute approximate surface area is 218 Å². The van der Waals surface area contributed by atoms with Crippen LogP contribution in [0.25, 0.3) is 0 Å². The number of nitrogens with zero attached hydrogens (tertiary/aromatic N) is 6. The second-order valence-electron chi connectivity index (χ2n) is 10.3. The highest BCUT2D eigenvalue weighted by Crippen LogP contribution is 2.33. The van der Waals surface area contributed by atoms with E-state index in [0.717, 1.165) is 50.8 Å². The van der Waals surface area contributed by atoms with E-state index in [2.05, 4.69) is 16.0 Å². The highest BCUT2D eigenvalue weighted by atomic mass is 16.5. The molecule has 0 unspecified atom stereocenters. The molecule has 0 aromatic heterocycles. The van der Waals surface area contributed by atoms with Gasteiger partial charge in [0.25, 0.3) is 0 Å². The first-order valence-corrected chi connectivity index (χ1v) is 13.2. The van der Waals surface area contributed by atoms with Gasteiger partial charge in [-0.25, -0.2) is 5.48 Å². The van der Waals surface area contributed by atoms with Crippen LogP contribution in [0, 0.1) is 41.5 Å². The fourth-order valence-electron chi connectivity index (χ4n) is 6.11. The fourth-order valence-corrected chi connectivity index (χ4v) is 6.11. The number of hydrogen-bond acceptors (Lipinski definition) is 6. The van der Waals surface area contributed by atoms with Crippen LogP contribution >= 0.6 is 0 Å². The molecule has 0 saturated carbocycles. The van der Waals surface area contributed by atoms with Gasteiger partial charge in [0.2, 0.25) is 24.0 Å². The first-order valence-electron chi connectivity index (χ1n) is 13.2. The molecule has 2 amide bonds. The third-order valence-corrected chi connectivity index (χ3v) is 8.09. The van der Waals surface area contributed by atoms with Crippen LogP contribution < -0.4 is 5.48 Å². The third-order valence-electron chi connectivity index (χ3n) is 8.09. The molecule has 0 aliphatic carbocycles. The van der Waals surface area contributed by atoms with Crippen LogP contribution in [0.5, 0.6) is 0 Å².